The highest BCUT2D eigenvalue weighted by atomic mass is 35.5. The second-order valence-corrected chi connectivity index (χ2v) is 13.8. The van der Waals surface area contributed by atoms with Gasteiger partial charge >= 0.3 is 0 Å². The molecule has 0 bridgehead atoms. The molecule has 234 valence electrons. The Bertz CT molecular complexity index is 1740. The van der Waals surface area contributed by atoms with Gasteiger partial charge in [-0.1, -0.05) is 60.5 Å². The molecule has 3 aromatic carbocycles. The summed E-state index contributed by atoms with van der Waals surface area (Å²) in [4.78, 5) is 51.2. The summed E-state index contributed by atoms with van der Waals surface area (Å²) in [5.41, 5.74) is 2.12. The molecule has 11 heteroatoms. The number of halogens is 3. The molecule has 2 atom stereocenters. The third-order valence-corrected chi connectivity index (χ3v) is 10.5. The normalized spacial score (nSPS) is 20.3. The number of H-pyrrole nitrogens is 1. The zero-order valence-electron chi connectivity index (χ0n) is 24.8. The molecule has 2 saturated heterocycles. The summed E-state index contributed by atoms with van der Waals surface area (Å²) in [6.45, 7) is 3.68. The molecule has 3 amide bonds. The lowest BCUT2D eigenvalue weighted by Gasteiger charge is -2.42. The maximum atomic E-state index is 15.0. The van der Waals surface area contributed by atoms with Crippen LogP contribution in [0.15, 0.2) is 77.8 Å². The fraction of sp³-hybridized carbons (Fsp3) is 0.324. The van der Waals surface area contributed by atoms with Crippen LogP contribution in [-0.4, -0.2) is 68.3 Å². The third-order valence-electron chi connectivity index (χ3n) is 8.58. The molecule has 45 heavy (non-hydrogen) atoms. The minimum atomic E-state index is -1.26. The molecule has 0 aliphatic carbocycles. The number of thioether (sulfide) groups is 1. The van der Waals surface area contributed by atoms with Crippen LogP contribution in [0.5, 0.6) is 0 Å². The molecule has 2 aliphatic heterocycles. The number of aromatic amines is 1. The van der Waals surface area contributed by atoms with Gasteiger partial charge in [-0.3, -0.25) is 14.4 Å². The zero-order chi connectivity index (χ0) is 31.7. The van der Waals surface area contributed by atoms with Crippen LogP contribution in [0.25, 0.3) is 10.9 Å². The fourth-order valence-electron chi connectivity index (χ4n) is 6.42. The molecule has 0 unspecified atom stereocenters. The van der Waals surface area contributed by atoms with Crippen LogP contribution in [0, 0.1) is 5.82 Å². The molecule has 0 spiro atoms. The van der Waals surface area contributed by atoms with Gasteiger partial charge in [0, 0.05) is 71.7 Å². The van der Waals surface area contributed by atoms with E-state index in [1.807, 2.05) is 60.5 Å². The van der Waals surface area contributed by atoms with Crippen molar-refractivity contribution >= 4 is 63.6 Å². The Kier molecular flexibility index (Phi) is 9.13. The first-order chi connectivity index (χ1) is 21.7. The van der Waals surface area contributed by atoms with Gasteiger partial charge in [0.15, 0.2) is 0 Å². The monoisotopic (exact) mass is 666 g/mol. The van der Waals surface area contributed by atoms with Gasteiger partial charge in [0.1, 0.15) is 10.6 Å². The van der Waals surface area contributed by atoms with E-state index in [1.165, 1.54) is 23.9 Å². The molecular weight excluding hydrogens is 634 g/mol. The number of piperazine rings is 1. The van der Waals surface area contributed by atoms with Crippen LogP contribution >= 0.6 is 35.0 Å². The summed E-state index contributed by atoms with van der Waals surface area (Å²) in [6.07, 6.45) is 3.03. The largest absolute Gasteiger partial charge is 0.361 e. The van der Waals surface area contributed by atoms with Crippen molar-refractivity contribution in [1.82, 2.24) is 19.7 Å². The number of nitrogens with one attached hydrogen (secondary N) is 1. The number of carbonyl (C=O) groups is 3. The number of fused-ring (bicyclic) bond motifs is 1. The van der Waals surface area contributed by atoms with Gasteiger partial charge in [-0.25, -0.2) is 4.39 Å². The minimum Gasteiger partial charge on any atom is -0.361 e. The molecular formula is C34H33Cl2FN4O3S. The summed E-state index contributed by atoms with van der Waals surface area (Å²) in [5, 5.41) is 1.40. The van der Waals surface area contributed by atoms with Crippen molar-refractivity contribution in [3.05, 3.63) is 99.9 Å². The smallest absolute Gasteiger partial charge is 0.242 e. The lowest BCUT2D eigenvalue weighted by Crippen LogP contribution is -2.57. The molecule has 2 fully saturated rings. The van der Waals surface area contributed by atoms with Crippen molar-refractivity contribution in [3.8, 4) is 0 Å². The number of hydrogen-bond acceptors (Lipinski definition) is 4. The molecule has 1 aromatic heterocycles. The molecule has 2 aliphatic rings. The topological polar surface area (TPSA) is 76.7 Å². The van der Waals surface area contributed by atoms with Crippen molar-refractivity contribution in [1.29, 1.82) is 0 Å². The fourth-order valence-corrected chi connectivity index (χ4v) is 8.21. The second kappa shape index (κ2) is 13.1. The molecule has 6 rings (SSSR count). The van der Waals surface area contributed by atoms with Gasteiger partial charge < -0.3 is 19.7 Å². The van der Waals surface area contributed by atoms with Crippen molar-refractivity contribution < 1.29 is 18.8 Å². The predicted molar refractivity (Wildman–Crippen MR) is 176 cm³/mol. The van der Waals surface area contributed by atoms with Crippen LogP contribution in [-0.2, 0) is 20.9 Å². The number of benzene rings is 3. The van der Waals surface area contributed by atoms with Gasteiger partial charge in [-0.15, -0.1) is 11.8 Å². The zero-order valence-corrected chi connectivity index (χ0v) is 27.1. The van der Waals surface area contributed by atoms with E-state index in [9.17, 15) is 18.8 Å². The van der Waals surface area contributed by atoms with E-state index in [4.69, 9.17) is 23.2 Å². The van der Waals surface area contributed by atoms with E-state index < -0.39 is 16.6 Å². The number of hydrogen-bond donors (Lipinski definition) is 1. The summed E-state index contributed by atoms with van der Waals surface area (Å²) in [7, 11) is 0. The van der Waals surface area contributed by atoms with Crippen molar-refractivity contribution in [2.24, 2.45) is 0 Å². The predicted octanol–water partition coefficient (Wildman–Crippen LogP) is 7.09. The van der Waals surface area contributed by atoms with E-state index in [0.717, 1.165) is 27.8 Å². The first-order valence-corrected chi connectivity index (χ1v) is 16.6. The summed E-state index contributed by atoms with van der Waals surface area (Å²) in [6, 6.07) is 18.9. The van der Waals surface area contributed by atoms with Crippen molar-refractivity contribution in [2.75, 3.05) is 26.2 Å². The van der Waals surface area contributed by atoms with Crippen LogP contribution < -0.4 is 0 Å². The number of likely N-dealkylation sites (tertiary alicyclic amines) is 1. The molecule has 7 nitrogen and oxygen atoms in total. The Labute approximate surface area is 275 Å². The van der Waals surface area contributed by atoms with Crippen LogP contribution in [0.3, 0.4) is 0 Å². The Morgan fingerprint density at radius 3 is 2.44 bits per heavy atom. The maximum absolute atomic E-state index is 15.0. The van der Waals surface area contributed by atoms with Gasteiger partial charge in [0.2, 0.25) is 17.7 Å². The van der Waals surface area contributed by atoms with Gasteiger partial charge in [-0.2, -0.15) is 0 Å². The summed E-state index contributed by atoms with van der Waals surface area (Å²) < 4.78 is 13.3. The summed E-state index contributed by atoms with van der Waals surface area (Å²) >= 11 is 13.7. The standard InChI is InChI=1S/C34H33Cl2FN4O3S/c1-2-6-30(42)39-13-15-40(16-14-39)33(44)34(45-24-7-4-3-5-8-24)19-31(43)41(21-22-9-12-27(36)28(37)17-22)32(34)26-20-38-29-18-23(35)10-11-25(26)29/h3-5,7-12,17-18,20,32,38H,2,6,13-16,19,21H2,1H3/t32-,34+/m1/s1. The highest BCUT2D eigenvalue weighted by Crippen LogP contribution is 2.55. The average molecular weight is 668 g/mol. The van der Waals surface area contributed by atoms with Crippen molar-refractivity contribution in [3.63, 3.8) is 0 Å². The molecule has 3 heterocycles. The highest BCUT2D eigenvalue weighted by Gasteiger charge is 2.59. The number of amides is 3. The average Bonchev–Trinajstić information content (AvgIpc) is 3.56. The van der Waals surface area contributed by atoms with E-state index in [0.29, 0.717) is 43.2 Å². The van der Waals surface area contributed by atoms with Gasteiger partial charge in [0.05, 0.1) is 17.5 Å². The number of aromatic nitrogens is 1. The Morgan fingerprint density at radius 2 is 1.73 bits per heavy atom. The van der Waals surface area contributed by atoms with E-state index in [-0.39, 0.29) is 35.7 Å². The quantitative estimate of drug-likeness (QED) is 0.218. The van der Waals surface area contributed by atoms with E-state index >= 15 is 0 Å². The van der Waals surface area contributed by atoms with E-state index in [2.05, 4.69) is 4.98 Å². The number of rotatable bonds is 8. The van der Waals surface area contributed by atoms with Crippen LogP contribution in [0.2, 0.25) is 10.0 Å². The minimum absolute atomic E-state index is 0.00252. The lowest BCUT2D eigenvalue weighted by molar-refractivity contribution is -0.141. The third kappa shape index (κ3) is 6.18. The maximum Gasteiger partial charge on any atom is 0.242 e. The first-order valence-electron chi connectivity index (χ1n) is 15.0. The highest BCUT2D eigenvalue weighted by molar-refractivity contribution is 8.01. The molecule has 0 radical (unpaired) electrons. The molecule has 1 N–H and O–H groups in total. The molecule has 0 saturated carbocycles. The van der Waals surface area contributed by atoms with E-state index in [1.54, 1.807) is 21.9 Å². The molecule has 4 aromatic rings. The second-order valence-electron chi connectivity index (χ2n) is 11.5. The SMILES string of the molecule is CCCC(=O)N1CCN(C(=O)[C@]2(Sc3ccccc3)CC(=O)N(Cc3ccc(Cl)c(F)c3)[C@@H]2c2c[nH]c3cc(Cl)ccc23)CC1. The van der Waals surface area contributed by atoms with Gasteiger partial charge in [0.25, 0.3) is 0 Å². The Hall–Kier alpha value is -3.53. The first kappa shape index (κ1) is 31.5. The van der Waals surface area contributed by atoms with Crippen LogP contribution in [0.1, 0.15) is 43.4 Å². The lowest BCUT2D eigenvalue weighted by atomic mass is 9.90. The Balaban J connectivity index is 1.46. The number of nitrogens with zero attached hydrogens (tertiary/aromatic N) is 3. The summed E-state index contributed by atoms with van der Waals surface area (Å²) in [5.74, 6) is -0.862. The van der Waals surface area contributed by atoms with Gasteiger partial charge in [-0.05, 0) is 48.4 Å². The Morgan fingerprint density at radius 1 is 1.00 bits per heavy atom. The van der Waals surface area contributed by atoms with Crippen LogP contribution in [0.4, 0.5) is 4.39 Å². The van der Waals surface area contributed by atoms with Crippen molar-refractivity contribution in [2.45, 2.75) is 48.4 Å². The number of carbonyl (C=O) groups excluding carboxylic acids is 3.